The molecular weight excluding hydrogens is 280 g/mol. The van der Waals surface area contributed by atoms with Gasteiger partial charge in [-0.2, -0.15) is 0 Å². The number of rotatable bonds is 2. The predicted molar refractivity (Wildman–Crippen MR) is 68.2 cm³/mol. The summed E-state index contributed by atoms with van der Waals surface area (Å²) in [5.74, 6) is 1.13. The number of thioether (sulfide) groups is 1. The normalized spacial score (nSPS) is 24.1. The lowest BCUT2D eigenvalue weighted by Crippen LogP contribution is -2.23. The summed E-state index contributed by atoms with van der Waals surface area (Å²) in [5, 5.41) is 6.55. The third-order valence-electron chi connectivity index (χ3n) is 1.87. The van der Waals surface area contributed by atoms with Crippen LogP contribution in [0.4, 0.5) is 0 Å². The van der Waals surface area contributed by atoms with Crippen molar-refractivity contribution in [1.29, 1.82) is 0 Å². The average molecular weight is 291 g/mol. The van der Waals surface area contributed by atoms with Gasteiger partial charge in [-0.15, -0.1) is 11.3 Å². The fraction of sp³-hybridized carbons (Fsp3) is 0.444. The first-order valence-electron chi connectivity index (χ1n) is 4.41. The molecule has 76 valence electrons. The lowest BCUT2D eigenvalue weighted by atomic mass is 10.3. The minimum Gasteiger partial charge on any atom is -0.362 e. The van der Waals surface area contributed by atoms with Crippen LogP contribution in [0.15, 0.2) is 20.2 Å². The van der Waals surface area contributed by atoms with Crippen molar-refractivity contribution in [1.82, 2.24) is 5.32 Å². The van der Waals surface area contributed by atoms with Gasteiger partial charge in [0.1, 0.15) is 0 Å². The number of amidine groups is 1. The van der Waals surface area contributed by atoms with Crippen molar-refractivity contribution in [2.24, 2.45) is 4.99 Å². The summed E-state index contributed by atoms with van der Waals surface area (Å²) < 4.78 is 1.17. The van der Waals surface area contributed by atoms with Crippen molar-refractivity contribution in [3.63, 3.8) is 0 Å². The summed E-state index contributed by atoms with van der Waals surface area (Å²) in [5.41, 5.74) is 1.27. The second-order valence-electron chi connectivity index (χ2n) is 3.24. The van der Waals surface area contributed by atoms with Crippen LogP contribution >= 0.6 is 39.0 Å². The van der Waals surface area contributed by atoms with E-state index >= 15 is 0 Å². The van der Waals surface area contributed by atoms with Crippen LogP contribution in [0.5, 0.6) is 0 Å². The molecule has 14 heavy (non-hydrogen) atoms. The molecule has 0 radical (unpaired) electrons. The second-order valence-corrected chi connectivity index (χ2v) is 6.54. The molecule has 0 aliphatic carbocycles. The Morgan fingerprint density at radius 3 is 3.14 bits per heavy atom. The van der Waals surface area contributed by atoms with Crippen LogP contribution in [0, 0.1) is 0 Å². The van der Waals surface area contributed by atoms with E-state index < -0.39 is 0 Å². The molecule has 5 heteroatoms. The van der Waals surface area contributed by atoms with Crippen LogP contribution in [-0.2, 0) is 6.54 Å². The first kappa shape index (κ1) is 10.5. The number of hydrogen-bond donors (Lipinski definition) is 1. The van der Waals surface area contributed by atoms with E-state index in [0.29, 0.717) is 6.04 Å². The van der Waals surface area contributed by atoms with Gasteiger partial charge in [-0.25, -0.2) is 0 Å². The van der Waals surface area contributed by atoms with Crippen molar-refractivity contribution in [3.05, 3.63) is 20.8 Å². The summed E-state index contributed by atoms with van der Waals surface area (Å²) in [4.78, 5) is 4.51. The summed E-state index contributed by atoms with van der Waals surface area (Å²) in [7, 11) is 0. The van der Waals surface area contributed by atoms with Gasteiger partial charge in [-0.1, -0.05) is 11.8 Å². The SMILES string of the molecule is CC1CSC(=NCc2csc(Br)c2)N1. The minimum atomic E-state index is 0.563. The van der Waals surface area contributed by atoms with E-state index in [2.05, 4.69) is 44.6 Å². The Kier molecular flexibility index (Phi) is 3.52. The van der Waals surface area contributed by atoms with E-state index in [1.165, 1.54) is 9.35 Å². The van der Waals surface area contributed by atoms with E-state index in [0.717, 1.165) is 17.5 Å². The van der Waals surface area contributed by atoms with Crippen molar-refractivity contribution in [3.8, 4) is 0 Å². The fourth-order valence-electron chi connectivity index (χ4n) is 1.18. The molecule has 0 aromatic carbocycles. The van der Waals surface area contributed by atoms with Gasteiger partial charge in [0.25, 0.3) is 0 Å². The van der Waals surface area contributed by atoms with Gasteiger partial charge in [0.15, 0.2) is 5.17 Å². The van der Waals surface area contributed by atoms with Crippen LogP contribution in [0.25, 0.3) is 0 Å². The molecule has 1 aliphatic heterocycles. The number of thiophene rings is 1. The lowest BCUT2D eigenvalue weighted by Gasteiger charge is -1.99. The van der Waals surface area contributed by atoms with Gasteiger partial charge in [0, 0.05) is 11.8 Å². The van der Waals surface area contributed by atoms with E-state index in [-0.39, 0.29) is 0 Å². The number of halogens is 1. The number of nitrogens with zero attached hydrogens (tertiary/aromatic N) is 1. The van der Waals surface area contributed by atoms with Gasteiger partial charge in [-0.05, 0) is 39.9 Å². The molecule has 2 rings (SSSR count). The molecule has 0 saturated carbocycles. The molecule has 1 aromatic heterocycles. The Labute approximate surface area is 100 Å². The topological polar surface area (TPSA) is 24.4 Å². The van der Waals surface area contributed by atoms with E-state index in [1.54, 1.807) is 11.3 Å². The summed E-state index contributed by atoms with van der Waals surface area (Å²) >= 11 is 6.96. The molecule has 1 saturated heterocycles. The van der Waals surface area contributed by atoms with Crippen LogP contribution in [0.2, 0.25) is 0 Å². The fourth-order valence-corrected chi connectivity index (χ4v) is 3.31. The quantitative estimate of drug-likeness (QED) is 0.905. The highest BCUT2D eigenvalue weighted by Gasteiger charge is 2.14. The number of nitrogens with one attached hydrogen (secondary N) is 1. The number of aliphatic imine (C=N–C) groups is 1. The summed E-state index contributed by atoms with van der Waals surface area (Å²) in [6.07, 6.45) is 0. The molecule has 1 N–H and O–H groups in total. The van der Waals surface area contributed by atoms with Crippen LogP contribution in [0.3, 0.4) is 0 Å². The average Bonchev–Trinajstić information content (AvgIpc) is 2.72. The van der Waals surface area contributed by atoms with Crippen LogP contribution < -0.4 is 5.32 Å². The zero-order valence-electron chi connectivity index (χ0n) is 7.79. The van der Waals surface area contributed by atoms with Gasteiger partial charge in [0.05, 0.1) is 10.3 Å². The standard InChI is InChI=1S/C9H11BrN2S2/c1-6-4-14-9(12-6)11-3-7-2-8(10)13-5-7/h2,5-6H,3-4H2,1H3,(H,11,12). The molecule has 2 nitrogen and oxygen atoms in total. The van der Waals surface area contributed by atoms with Crippen molar-refractivity contribution in [2.75, 3.05) is 5.75 Å². The van der Waals surface area contributed by atoms with Gasteiger partial charge >= 0.3 is 0 Å². The van der Waals surface area contributed by atoms with Crippen molar-refractivity contribution < 1.29 is 0 Å². The molecule has 0 bridgehead atoms. The maximum absolute atomic E-state index is 4.51. The Hall–Kier alpha value is -0.0000000000000000555. The molecule has 1 fully saturated rings. The largest absolute Gasteiger partial charge is 0.362 e. The number of hydrogen-bond acceptors (Lipinski definition) is 3. The first-order valence-corrected chi connectivity index (χ1v) is 7.06. The Morgan fingerprint density at radius 2 is 2.57 bits per heavy atom. The molecule has 0 amide bonds. The Bertz CT molecular complexity index is 348. The van der Waals surface area contributed by atoms with Crippen molar-refractivity contribution in [2.45, 2.75) is 19.5 Å². The second kappa shape index (κ2) is 4.68. The van der Waals surface area contributed by atoms with Crippen LogP contribution in [-0.4, -0.2) is 17.0 Å². The van der Waals surface area contributed by atoms with Gasteiger partial charge in [0.2, 0.25) is 0 Å². The Morgan fingerprint density at radius 1 is 1.71 bits per heavy atom. The maximum atomic E-state index is 4.51. The smallest absolute Gasteiger partial charge is 0.157 e. The van der Waals surface area contributed by atoms with E-state index in [9.17, 15) is 0 Å². The highest BCUT2D eigenvalue weighted by molar-refractivity contribution is 9.11. The third kappa shape index (κ3) is 2.74. The summed E-state index contributed by atoms with van der Waals surface area (Å²) in [6.45, 7) is 2.96. The highest BCUT2D eigenvalue weighted by atomic mass is 79.9. The molecule has 2 heterocycles. The summed E-state index contributed by atoms with van der Waals surface area (Å²) in [6, 6.07) is 2.69. The third-order valence-corrected chi connectivity index (χ3v) is 4.61. The first-order chi connectivity index (χ1) is 6.74. The monoisotopic (exact) mass is 290 g/mol. The lowest BCUT2D eigenvalue weighted by molar-refractivity contribution is 0.764. The van der Waals surface area contributed by atoms with Gasteiger partial charge < -0.3 is 5.32 Å². The maximum Gasteiger partial charge on any atom is 0.157 e. The molecule has 0 spiro atoms. The van der Waals surface area contributed by atoms with E-state index in [4.69, 9.17) is 0 Å². The minimum absolute atomic E-state index is 0.563. The molecule has 1 atom stereocenters. The highest BCUT2D eigenvalue weighted by Crippen LogP contribution is 2.22. The zero-order valence-corrected chi connectivity index (χ0v) is 11.0. The van der Waals surface area contributed by atoms with Crippen LogP contribution in [0.1, 0.15) is 12.5 Å². The Balaban J connectivity index is 1.93. The zero-order chi connectivity index (χ0) is 9.97. The van der Waals surface area contributed by atoms with Crippen molar-refractivity contribution >= 4 is 44.2 Å². The molecular formula is C9H11BrN2S2. The predicted octanol–water partition coefficient (Wildman–Crippen LogP) is 3.09. The van der Waals surface area contributed by atoms with Gasteiger partial charge in [-0.3, -0.25) is 4.99 Å². The molecule has 1 aliphatic rings. The molecule has 1 unspecified atom stereocenters. The van der Waals surface area contributed by atoms with E-state index in [1.807, 2.05) is 11.8 Å². The molecule has 1 aromatic rings.